The van der Waals surface area contributed by atoms with Crippen LogP contribution in [0.25, 0.3) is 0 Å². The molecule has 1 aliphatic heterocycles. The predicted octanol–water partition coefficient (Wildman–Crippen LogP) is 4.76. The lowest BCUT2D eigenvalue weighted by atomic mass is 10.00. The van der Waals surface area contributed by atoms with Crippen molar-refractivity contribution in [1.29, 1.82) is 0 Å². The van der Waals surface area contributed by atoms with Gasteiger partial charge < -0.3 is 19.7 Å². The largest absolute Gasteiger partial charge is 0.489 e. The zero-order valence-electron chi connectivity index (χ0n) is 25.1. The van der Waals surface area contributed by atoms with E-state index in [-0.39, 0.29) is 18.1 Å². The molecule has 3 N–H and O–H groups in total. The van der Waals surface area contributed by atoms with Crippen molar-refractivity contribution < 1.29 is 28.7 Å². The minimum Gasteiger partial charge on any atom is -0.489 e. The van der Waals surface area contributed by atoms with E-state index in [2.05, 4.69) is 22.2 Å². The van der Waals surface area contributed by atoms with Gasteiger partial charge in [0.15, 0.2) is 0 Å². The first-order valence-corrected chi connectivity index (χ1v) is 15.4. The van der Waals surface area contributed by atoms with Crippen molar-refractivity contribution in [3.05, 3.63) is 101 Å². The summed E-state index contributed by atoms with van der Waals surface area (Å²) in [5.41, 5.74) is 8.04. The number of hydrazine groups is 1. The van der Waals surface area contributed by atoms with Crippen molar-refractivity contribution in [3.63, 3.8) is 0 Å². The van der Waals surface area contributed by atoms with Gasteiger partial charge in [0.2, 0.25) is 5.91 Å². The Hall–Kier alpha value is -4.51. The fourth-order valence-corrected chi connectivity index (χ4v) is 5.08. The van der Waals surface area contributed by atoms with Gasteiger partial charge >= 0.3 is 6.09 Å². The van der Waals surface area contributed by atoms with E-state index in [0.717, 1.165) is 34.9 Å². The molecular formula is C33H38N4O6S. The van der Waals surface area contributed by atoms with Gasteiger partial charge in [-0.15, -0.1) is 0 Å². The number of hydrogen-bond acceptors (Lipinski definition) is 7. The molecule has 1 atom stereocenters. The maximum absolute atomic E-state index is 13.1. The number of alkyl carbamates (subject to hydrolysis) is 1. The first-order chi connectivity index (χ1) is 21.1. The van der Waals surface area contributed by atoms with Crippen LogP contribution in [0.2, 0.25) is 0 Å². The lowest BCUT2D eigenvalue weighted by molar-refractivity contribution is -0.129. The van der Waals surface area contributed by atoms with Crippen LogP contribution in [0.4, 0.5) is 9.59 Å². The van der Waals surface area contributed by atoms with Crippen molar-refractivity contribution in [2.24, 2.45) is 0 Å². The molecule has 4 amide bonds. The van der Waals surface area contributed by atoms with Crippen LogP contribution >= 0.6 is 11.8 Å². The summed E-state index contributed by atoms with van der Waals surface area (Å²) >= 11 is 0.762. The van der Waals surface area contributed by atoms with E-state index in [1.807, 2.05) is 48.5 Å². The highest BCUT2D eigenvalue weighted by molar-refractivity contribution is 8.14. The molecule has 0 aromatic heterocycles. The van der Waals surface area contributed by atoms with E-state index in [1.54, 1.807) is 49.9 Å². The first-order valence-electron chi connectivity index (χ1n) is 14.4. The third-order valence-corrected chi connectivity index (χ3v) is 7.47. The molecule has 0 saturated heterocycles. The Morgan fingerprint density at radius 1 is 0.864 bits per heavy atom. The molecule has 3 aromatic carbocycles. The Morgan fingerprint density at radius 2 is 1.55 bits per heavy atom. The molecule has 0 bridgehead atoms. The van der Waals surface area contributed by atoms with E-state index < -0.39 is 28.9 Å². The van der Waals surface area contributed by atoms with E-state index >= 15 is 0 Å². The Morgan fingerprint density at radius 3 is 2.25 bits per heavy atom. The Kier molecular flexibility index (Phi) is 11.3. The van der Waals surface area contributed by atoms with Crippen LogP contribution in [-0.4, -0.2) is 52.0 Å². The highest BCUT2D eigenvalue weighted by atomic mass is 32.2. The van der Waals surface area contributed by atoms with Crippen LogP contribution in [0.5, 0.6) is 5.75 Å². The molecule has 0 aliphatic carbocycles. The summed E-state index contributed by atoms with van der Waals surface area (Å²) in [6, 6.07) is 23.9. The molecule has 44 heavy (non-hydrogen) atoms. The molecule has 0 fully saturated rings. The molecule has 10 nitrogen and oxygen atoms in total. The normalized spacial score (nSPS) is 13.2. The van der Waals surface area contributed by atoms with E-state index in [9.17, 15) is 19.2 Å². The van der Waals surface area contributed by atoms with Gasteiger partial charge in [-0.05, 0) is 61.6 Å². The second-order valence-electron chi connectivity index (χ2n) is 11.3. The number of nitrogens with zero attached hydrogens (tertiary/aromatic N) is 1. The van der Waals surface area contributed by atoms with Crippen molar-refractivity contribution in [2.45, 2.75) is 58.4 Å². The third kappa shape index (κ3) is 10.3. The van der Waals surface area contributed by atoms with Crippen LogP contribution in [-0.2, 0) is 40.3 Å². The SMILES string of the molecule is CC(C)(C)OC(=O)N[C@@H](Cc1ccc(OCc2ccccc2)cc1)C(=O)NNC(=O)SCC(=O)N1CCc2ccccc2C1. The molecule has 1 aliphatic rings. The highest BCUT2D eigenvalue weighted by Gasteiger charge is 2.26. The monoisotopic (exact) mass is 618 g/mol. The summed E-state index contributed by atoms with van der Waals surface area (Å²) in [5, 5.41) is 1.99. The number of hydrogen-bond donors (Lipinski definition) is 3. The van der Waals surface area contributed by atoms with Crippen molar-refractivity contribution in [2.75, 3.05) is 12.3 Å². The van der Waals surface area contributed by atoms with Gasteiger partial charge in [-0.3, -0.25) is 25.2 Å². The zero-order chi connectivity index (χ0) is 31.5. The molecule has 0 unspecified atom stereocenters. The van der Waals surface area contributed by atoms with Crippen molar-refractivity contribution in [3.8, 4) is 5.75 Å². The van der Waals surface area contributed by atoms with Crippen molar-refractivity contribution >= 4 is 34.9 Å². The standard InChI is InChI=1S/C33H38N4O6S/c1-33(2,3)43-31(40)34-28(19-23-13-15-27(16-14-23)42-21-24-9-5-4-6-10-24)30(39)35-36-32(41)44-22-29(38)37-18-17-25-11-7-8-12-26(25)20-37/h4-16,28H,17-22H2,1-3H3,(H,34,40)(H,35,39)(H,36,41)/t28-/m0/s1. The van der Waals surface area contributed by atoms with Crippen LogP contribution in [0.1, 0.15) is 43.0 Å². The van der Waals surface area contributed by atoms with Gasteiger partial charge in [0.25, 0.3) is 11.1 Å². The third-order valence-electron chi connectivity index (χ3n) is 6.72. The molecule has 232 valence electrons. The zero-order valence-corrected chi connectivity index (χ0v) is 25.9. The smallest absolute Gasteiger partial charge is 0.408 e. The maximum atomic E-state index is 13.1. The number of nitrogens with one attached hydrogen (secondary N) is 3. The number of amides is 4. The fourth-order valence-electron chi connectivity index (χ4n) is 4.52. The highest BCUT2D eigenvalue weighted by Crippen LogP contribution is 2.20. The van der Waals surface area contributed by atoms with Crippen LogP contribution in [0.3, 0.4) is 0 Å². The van der Waals surface area contributed by atoms with E-state index in [1.165, 1.54) is 5.56 Å². The van der Waals surface area contributed by atoms with Crippen LogP contribution < -0.4 is 20.9 Å². The molecule has 1 heterocycles. The maximum Gasteiger partial charge on any atom is 0.408 e. The lowest BCUT2D eigenvalue weighted by Gasteiger charge is -2.28. The Bertz CT molecular complexity index is 1440. The summed E-state index contributed by atoms with van der Waals surface area (Å²) in [4.78, 5) is 52.5. The summed E-state index contributed by atoms with van der Waals surface area (Å²) < 4.78 is 11.2. The number of ether oxygens (including phenoxy) is 2. The number of carbonyl (C=O) groups excluding carboxylic acids is 4. The number of benzene rings is 3. The Labute approximate surface area is 261 Å². The van der Waals surface area contributed by atoms with Gasteiger partial charge in [-0.2, -0.15) is 0 Å². The van der Waals surface area contributed by atoms with Gasteiger partial charge in [0.1, 0.15) is 24.0 Å². The number of rotatable bonds is 9. The number of carbonyl (C=O) groups is 4. The molecular weight excluding hydrogens is 580 g/mol. The van der Waals surface area contributed by atoms with Gasteiger partial charge in [0, 0.05) is 19.5 Å². The summed E-state index contributed by atoms with van der Waals surface area (Å²) in [7, 11) is 0. The molecule has 11 heteroatoms. The second-order valence-corrected chi connectivity index (χ2v) is 12.3. The quantitative estimate of drug-likeness (QED) is 0.295. The summed E-state index contributed by atoms with van der Waals surface area (Å²) in [6.07, 6.45) is 0.126. The summed E-state index contributed by atoms with van der Waals surface area (Å²) in [5.74, 6) is -0.214. The molecule has 0 spiro atoms. The molecule has 0 saturated carbocycles. The van der Waals surface area contributed by atoms with Gasteiger partial charge in [-0.25, -0.2) is 4.79 Å². The van der Waals surface area contributed by atoms with Crippen LogP contribution in [0, 0.1) is 0 Å². The number of thioether (sulfide) groups is 1. The van der Waals surface area contributed by atoms with Crippen LogP contribution in [0.15, 0.2) is 78.9 Å². The topological polar surface area (TPSA) is 126 Å². The van der Waals surface area contributed by atoms with E-state index in [0.29, 0.717) is 25.4 Å². The molecule has 3 aromatic rings. The average molecular weight is 619 g/mol. The van der Waals surface area contributed by atoms with Crippen molar-refractivity contribution in [1.82, 2.24) is 21.1 Å². The lowest BCUT2D eigenvalue weighted by Crippen LogP contribution is -2.53. The fraction of sp³-hybridized carbons (Fsp3) is 0.333. The molecule has 4 rings (SSSR count). The predicted molar refractivity (Wildman–Crippen MR) is 169 cm³/mol. The summed E-state index contributed by atoms with van der Waals surface area (Å²) in [6.45, 7) is 6.67. The molecule has 0 radical (unpaired) electrons. The minimum absolute atomic E-state index is 0.0673. The van der Waals surface area contributed by atoms with Gasteiger partial charge in [-0.1, -0.05) is 78.5 Å². The number of fused-ring (bicyclic) bond motifs is 1. The second kappa shape index (κ2) is 15.3. The average Bonchev–Trinajstić information content (AvgIpc) is 3.01. The minimum atomic E-state index is -1.05. The first kappa shape index (κ1) is 32.4. The van der Waals surface area contributed by atoms with Gasteiger partial charge in [0.05, 0.1) is 5.75 Å². The Balaban J connectivity index is 1.28. The van der Waals surface area contributed by atoms with E-state index in [4.69, 9.17) is 9.47 Å².